The lowest BCUT2D eigenvalue weighted by Crippen LogP contribution is -2.58. The topological polar surface area (TPSA) is 105 Å². The van der Waals surface area contributed by atoms with Crippen LogP contribution in [0.2, 0.25) is 0 Å². The van der Waals surface area contributed by atoms with Crippen molar-refractivity contribution in [1.82, 2.24) is 29.6 Å². The highest BCUT2D eigenvalue weighted by Gasteiger charge is 2.39. The average Bonchev–Trinajstić information content (AvgIpc) is 3.55. The van der Waals surface area contributed by atoms with Crippen LogP contribution in [0.1, 0.15) is 29.4 Å². The Morgan fingerprint density at radius 1 is 1.02 bits per heavy atom. The number of morpholine rings is 1. The SMILES string of the molecule is Cc1nn(CC(=O)N2CCOCC2)c(C)c1-c1cc(OC2CN(C(=O)N3N=CCC3c3cc(F)cc(F)c3)C2)c(F)cn1. The minimum absolute atomic E-state index is 0.0228. The van der Waals surface area contributed by atoms with E-state index in [0.717, 1.165) is 12.3 Å². The molecule has 2 aromatic heterocycles. The molecule has 6 rings (SSSR count). The van der Waals surface area contributed by atoms with E-state index in [1.807, 2.05) is 6.92 Å². The van der Waals surface area contributed by atoms with Crippen molar-refractivity contribution < 1.29 is 32.2 Å². The molecule has 1 unspecified atom stereocenters. The summed E-state index contributed by atoms with van der Waals surface area (Å²) in [6, 6.07) is 3.56. The van der Waals surface area contributed by atoms with Crippen molar-refractivity contribution >= 4 is 18.2 Å². The molecule has 0 spiro atoms. The third kappa shape index (κ3) is 5.78. The number of benzene rings is 1. The zero-order valence-corrected chi connectivity index (χ0v) is 23.7. The molecule has 14 heteroatoms. The van der Waals surface area contributed by atoms with E-state index in [-0.39, 0.29) is 31.3 Å². The molecule has 2 saturated heterocycles. The Bertz CT molecular complexity index is 1560. The third-order valence-corrected chi connectivity index (χ3v) is 7.81. The number of rotatable bonds is 6. The van der Waals surface area contributed by atoms with Gasteiger partial charge >= 0.3 is 6.03 Å². The van der Waals surface area contributed by atoms with Gasteiger partial charge < -0.3 is 19.3 Å². The second-order valence-corrected chi connectivity index (χ2v) is 10.7. The van der Waals surface area contributed by atoms with Crippen LogP contribution in [0.4, 0.5) is 18.0 Å². The number of pyridine rings is 1. The van der Waals surface area contributed by atoms with Crippen molar-refractivity contribution in [1.29, 1.82) is 0 Å². The average molecular weight is 598 g/mol. The van der Waals surface area contributed by atoms with Gasteiger partial charge in [0.25, 0.3) is 0 Å². The number of nitrogens with zero attached hydrogens (tertiary/aromatic N) is 7. The van der Waals surface area contributed by atoms with Crippen LogP contribution >= 0.6 is 0 Å². The first kappa shape index (κ1) is 28.6. The lowest BCUT2D eigenvalue weighted by atomic mass is 10.0. The summed E-state index contributed by atoms with van der Waals surface area (Å²) in [4.78, 5) is 33.3. The molecule has 3 aliphatic rings. The molecule has 3 aliphatic heterocycles. The maximum atomic E-state index is 14.8. The first-order valence-corrected chi connectivity index (χ1v) is 14.0. The zero-order chi connectivity index (χ0) is 30.2. The highest BCUT2D eigenvalue weighted by Crippen LogP contribution is 2.33. The molecule has 3 aromatic rings. The van der Waals surface area contributed by atoms with Crippen LogP contribution in [-0.4, -0.2) is 93.2 Å². The van der Waals surface area contributed by atoms with Gasteiger partial charge in [-0.05, 0) is 31.5 Å². The number of urea groups is 1. The van der Waals surface area contributed by atoms with Gasteiger partial charge in [0, 0.05) is 49.1 Å². The fourth-order valence-corrected chi connectivity index (χ4v) is 5.55. The summed E-state index contributed by atoms with van der Waals surface area (Å²) in [5, 5.41) is 9.84. The molecule has 0 saturated carbocycles. The maximum Gasteiger partial charge on any atom is 0.341 e. The van der Waals surface area contributed by atoms with E-state index in [2.05, 4.69) is 15.2 Å². The zero-order valence-electron chi connectivity index (χ0n) is 23.7. The Morgan fingerprint density at radius 2 is 1.74 bits per heavy atom. The van der Waals surface area contributed by atoms with Crippen LogP contribution in [0.3, 0.4) is 0 Å². The Balaban J connectivity index is 1.11. The smallest absolute Gasteiger partial charge is 0.341 e. The predicted octanol–water partition coefficient (Wildman–Crippen LogP) is 3.45. The molecule has 3 amide bonds. The fourth-order valence-electron chi connectivity index (χ4n) is 5.55. The fraction of sp³-hybridized carbons (Fsp3) is 0.414. The number of hydrogen-bond donors (Lipinski definition) is 0. The van der Waals surface area contributed by atoms with Crippen LogP contribution < -0.4 is 4.74 Å². The van der Waals surface area contributed by atoms with Crippen LogP contribution in [0, 0.1) is 31.3 Å². The number of ether oxygens (including phenoxy) is 2. The Labute approximate surface area is 245 Å². The van der Waals surface area contributed by atoms with Crippen LogP contribution in [0.25, 0.3) is 11.3 Å². The molecule has 0 radical (unpaired) electrons. The highest BCUT2D eigenvalue weighted by atomic mass is 19.1. The molecule has 43 heavy (non-hydrogen) atoms. The van der Waals surface area contributed by atoms with E-state index < -0.39 is 35.6 Å². The first-order valence-electron chi connectivity index (χ1n) is 14.0. The lowest BCUT2D eigenvalue weighted by molar-refractivity contribution is -0.136. The van der Waals surface area contributed by atoms with E-state index >= 15 is 0 Å². The van der Waals surface area contributed by atoms with Crippen LogP contribution in [0.15, 0.2) is 35.6 Å². The number of hydrazone groups is 1. The van der Waals surface area contributed by atoms with Crippen LogP contribution in [-0.2, 0) is 16.1 Å². The van der Waals surface area contributed by atoms with Gasteiger partial charge in [0.1, 0.15) is 24.3 Å². The Morgan fingerprint density at radius 3 is 2.47 bits per heavy atom. The highest BCUT2D eigenvalue weighted by molar-refractivity contribution is 5.79. The summed E-state index contributed by atoms with van der Waals surface area (Å²) in [5.41, 5.74) is 2.78. The number of hydrogen-bond acceptors (Lipinski definition) is 7. The van der Waals surface area contributed by atoms with Crippen molar-refractivity contribution in [3.63, 3.8) is 0 Å². The summed E-state index contributed by atoms with van der Waals surface area (Å²) in [7, 11) is 0. The van der Waals surface area contributed by atoms with Gasteiger partial charge in [0.05, 0.1) is 49.9 Å². The molecular weight excluding hydrogens is 567 g/mol. The number of aryl methyl sites for hydroxylation is 1. The van der Waals surface area contributed by atoms with Gasteiger partial charge in [-0.15, -0.1) is 0 Å². The summed E-state index contributed by atoms with van der Waals surface area (Å²) in [5.74, 6) is -2.20. The molecule has 0 N–H and O–H groups in total. The largest absolute Gasteiger partial charge is 0.483 e. The molecule has 11 nitrogen and oxygen atoms in total. The number of carbonyl (C=O) groups is 2. The van der Waals surface area contributed by atoms with Crippen molar-refractivity contribution in [2.45, 2.75) is 39.0 Å². The van der Waals surface area contributed by atoms with E-state index in [4.69, 9.17) is 9.47 Å². The molecule has 1 atom stereocenters. The Hall–Kier alpha value is -4.46. The van der Waals surface area contributed by atoms with Crippen molar-refractivity contribution in [3.05, 3.63) is 64.9 Å². The number of likely N-dealkylation sites (tertiary alicyclic amines) is 1. The summed E-state index contributed by atoms with van der Waals surface area (Å²) in [6.07, 6.45) is 2.44. The maximum absolute atomic E-state index is 14.8. The van der Waals surface area contributed by atoms with E-state index in [1.54, 1.807) is 16.5 Å². The molecule has 0 aliphatic carbocycles. The lowest BCUT2D eigenvalue weighted by Gasteiger charge is -2.41. The number of carbonyl (C=O) groups excluding carboxylic acids is 2. The predicted molar refractivity (Wildman–Crippen MR) is 148 cm³/mol. The third-order valence-electron chi connectivity index (χ3n) is 7.81. The number of amides is 3. The summed E-state index contributed by atoms with van der Waals surface area (Å²) in [6.45, 7) is 6.12. The van der Waals surface area contributed by atoms with Crippen molar-refractivity contribution in [2.24, 2.45) is 5.10 Å². The first-order chi connectivity index (χ1) is 20.7. The standard InChI is InChI=1S/C29H30F3N7O4/c1-17-28(18(2)38(35-17)16-27(40)36-5-7-42-8-6-36)24-12-26(23(32)13-33-24)43-22-14-37(15-22)29(41)39-25(3-4-34-39)19-9-20(30)11-21(31)10-19/h4,9-13,22,25H,3,5-8,14-16H2,1-2H3. The molecule has 2 fully saturated rings. The summed E-state index contributed by atoms with van der Waals surface area (Å²) >= 11 is 0. The molecular formula is C29H30F3N7O4. The number of aromatic nitrogens is 3. The monoisotopic (exact) mass is 597 g/mol. The van der Waals surface area contributed by atoms with E-state index in [0.29, 0.717) is 60.9 Å². The molecule has 0 bridgehead atoms. The minimum Gasteiger partial charge on any atom is -0.483 e. The second kappa shape index (κ2) is 11.7. The molecule has 226 valence electrons. The van der Waals surface area contributed by atoms with Crippen molar-refractivity contribution in [2.75, 3.05) is 39.4 Å². The van der Waals surface area contributed by atoms with Gasteiger partial charge in [-0.25, -0.2) is 23.0 Å². The van der Waals surface area contributed by atoms with Gasteiger partial charge in [0.15, 0.2) is 11.6 Å². The van der Waals surface area contributed by atoms with E-state index in [9.17, 15) is 22.8 Å². The minimum atomic E-state index is -0.732. The van der Waals surface area contributed by atoms with Gasteiger partial charge in [-0.3, -0.25) is 14.5 Å². The van der Waals surface area contributed by atoms with Gasteiger partial charge in [-0.2, -0.15) is 10.2 Å². The van der Waals surface area contributed by atoms with Gasteiger partial charge in [0.2, 0.25) is 5.91 Å². The van der Waals surface area contributed by atoms with Crippen molar-refractivity contribution in [3.8, 4) is 17.0 Å². The molecule has 1 aromatic carbocycles. The normalized spacial score (nSPS) is 18.7. The quantitative estimate of drug-likeness (QED) is 0.431. The summed E-state index contributed by atoms with van der Waals surface area (Å²) < 4.78 is 55.1. The second-order valence-electron chi connectivity index (χ2n) is 10.7. The Kier molecular flexibility index (Phi) is 7.77. The number of halogens is 3. The van der Waals surface area contributed by atoms with E-state index in [1.165, 1.54) is 34.3 Å². The van der Waals surface area contributed by atoms with Gasteiger partial charge in [-0.1, -0.05) is 0 Å². The molecule has 5 heterocycles. The van der Waals surface area contributed by atoms with Crippen LogP contribution in [0.5, 0.6) is 5.75 Å².